The molecule has 1 heterocycles. The number of fused-ring (bicyclic) bond motifs is 1. The van der Waals surface area contributed by atoms with Gasteiger partial charge in [-0.05, 0) is 61.8 Å². The Kier molecular flexibility index (Phi) is 6.91. The molecule has 0 unspecified atom stereocenters. The quantitative estimate of drug-likeness (QED) is 0.723. The molecule has 7 nitrogen and oxygen atoms in total. The Balaban J connectivity index is 1.57. The van der Waals surface area contributed by atoms with Gasteiger partial charge in [-0.15, -0.1) is 0 Å². The van der Waals surface area contributed by atoms with Gasteiger partial charge in [0.05, 0.1) is 6.04 Å². The predicted octanol–water partition coefficient (Wildman–Crippen LogP) is 2.88. The van der Waals surface area contributed by atoms with Crippen molar-refractivity contribution in [3.8, 4) is 6.07 Å². The maximum atomic E-state index is 12.6. The number of pyridine rings is 1. The largest absolute Gasteiger partial charge is 0.456 e. The van der Waals surface area contributed by atoms with Crippen molar-refractivity contribution in [3.63, 3.8) is 0 Å². The molecule has 0 aliphatic heterocycles. The summed E-state index contributed by atoms with van der Waals surface area (Å²) in [6, 6.07) is 10.0. The standard InChI is InChI=1S/C24H27N3O4/c1-15-18(16(2)26-24(30)20(15)13-25)11-12-23(29)31-14-22(28)27(3)21-10-6-8-17-7-4-5-9-19(17)21/h4-5,7,9,21H,6,8,10-12,14H2,1-3H3,(H,26,30)/t21-/m0/s1. The molecule has 3 rings (SSSR count). The number of aromatic nitrogens is 1. The zero-order chi connectivity index (χ0) is 22.5. The number of carbonyl (C=O) groups is 2. The van der Waals surface area contributed by atoms with Gasteiger partial charge in [0.2, 0.25) is 0 Å². The van der Waals surface area contributed by atoms with Crippen LogP contribution in [0.25, 0.3) is 0 Å². The second-order valence-corrected chi connectivity index (χ2v) is 7.94. The number of carbonyl (C=O) groups excluding carboxylic acids is 2. The summed E-state index contributed by atoms with van der Waals surface area (Å²) in [5, 5.41) is 9.15. The first kappa shape index (κ1) is 22.3. The van der Waals surface area contributed by atoms with E-state index in [2.05, 4.69) is 17.1 Å². The second kappa shape index (κ2) is 9.61. The van der Waals surface area contributed by atoms with E-state index < -0.39 is 11.5 Å². The fourth-order valence-electron chi connectivity index (χ4n) is 4.27. The lowest BCUT2D eigenvalue weighted by atomic mass is 9.87. The molecule has 1 N–H and O–H groups in total. The van der Waals surface area contributed by atoms with Crippen LogP contribution in [0.15, 0.2) is 29.1 Å². The number of nitrogens with one attached hydrogen (secondary N) is 1. The van der Waals surface area contributed by atoms with Crippen LogP contribution >= 0.6 is 0 Å². The van der Waals surface area contributed by atoms with Gasteiger partial charge >= 0.3 is 5.97 Å². The van der Waals surface area contributed by atoms with E-state index in [9.17, 15) is 14.4 Å². The molecule has 1 aromatic heterocycles. The van der Waals surface area contributed by atoms with E-state index >= 15 is 0 Å². The van der Waals surface area contributed by atoms with E-state index in [1.54, 1.807) is 25.8 Å². The van der Waals surface area contributed by atoms with Gasteiger partial charge in [-0.1, -0.05) is 24.3 Å². The molecule has 0 spiro atoms. The molecule has 1 aliphatic carbocycles. The monoisotopic (exact) mass is 421 g/mol. The van der Waals surface area contributed by atoms with Crippen LogP contribution in [0.5, 0.6) is 0 Å². The normalized spacial score (nSPS) is 15.0. The van der Waals surface area contributed by atoms with Gasteiger partial charge in [-0.3, -0.25) is 14.4 Å². The maximum Gasteiger partial charge on any atom is 0.306 e. The van der Waals surface area contributed by atoms with Crippen LogP contribution in [0, 0.1) is 25.2 Å². The molecule has 1 amide bonds. The Morgan fingerprint density at radius 2 is 2.03 bits per heavy atom. The van der Waals surface area contributed by atoms with Crippen LogP contribution in [0.4, 0.5) is 0 Å². The van der Waals surface area contributed by atoms with E-state index in [-0.39, 0.29) is 30.5 Å². The lowest BCUT2D eigenvalue weighted by Gasteiger charge is -2.33. The first-order valence-electron chi connectivity index (χ1n) is 10.4. The summed E-state index contributed by atoms with van der Waals surface area (Å²) in [5.41, 5.74) is 3.99. The molecule has 31 heavy (non-hydrogen) atoms. The third-order valence-electron chi connectivity index (χ3n) is 6.05. The SMILES string of the molecule is Cc1[nH]c(=O)c(C#N)c(C)c1CCC(=O)OCC(=O)N(C)[C@H]1CCCc2ccccc21. The summed E-state index contributed by atoms with van der Waals surface area (Å²) in [6.07, 6.45) is 3.30. The van der Waals surface area contributed by atoms with Gasteiger partial charge < -0.3 is 14.6 Å². The number of esters is 1. The third-order valence-corrected chi connectivity index (χ3v) is 6.05. The first-order valence-corrected chi connectivity index (χ1v) is 10.4. The Bertz CT molecular complexity index is 1100. The van der Waals surface area contributed by atoms with E-state index in [1.165, 1.54) is 5.56 Å². The molecule has 0 fully saturated rings. The van der Waals surface area contributed by atoms with Crippen molar-refractivity contribution in [2.75, 3.05) is 13.7 Å². The number of hydrogen-bond acceptors (Lipinski definition) is 5. The van der Waals surface area contributed by atoms with Crippen LogP contribution in [0.2, 0.25) is 0 Å². The lowest BCUT2D eigenvalue weighted by molar-refractivity contribution is -0.152. The number of aromatic amines is 1. The van der Waals surface area contributed by atoms with E-state index in [4.69, 9.17) is 10.00 Å². The zero-order valence-corrected chi connectivity index (χ0v) is 18.2. The number of H-pyrrole nitrogens is 1. The smallest absolute Gasteiger partial charge is 0.306 e. The molecular formula is C24H27N3O4. The number of hydrogen-bond donors (Lipinski definition) is 1. The number of ether oxygens (including phenoxy) is 1. The Morgan fingerprint density at radius 3 is 2.77 bits per heavy atom. The van der Waals surface area contributed by atoms with Crippen molar-refractivity contribution >= 4 is 11.9 Å². The molecule has 162 valence electrons. The van der Waals surface area contributed by atoms with Gasteiger partial charge in [0.25, 0.3) is 11.5 Å². The number of nitriles is 1. The minimum atomic E-state index is -0.491. The highest BCUT2D eigenvalue weighted by molar-refractivity contribution is 5.81. The molecule has 1 atom stereocenters. The molecular weight excluding hydrogens is 394 g/mol. The van der Waals surface area contributed by atoms with Crippen molar-refractivity contribution in [1.29, 1.82) is 5.26 Å². The minimum Gasteiger partial charge on any atom is -0.456 e. The lowest BCUT2D eigenvalue weighted by Crippen LogP contribution is -2.36. The Hall–Kier alpha value is -3.40. The third kappa shape index (κ3) is 4.85. The highest BCUT2D eigenvalue weighted by Crippen LogP contribution is 2.33. The topological polar surface area (TPSA) is 103 Å². The number of benzene rings is 1. The van der Waals surface area contributed by atoms with Crippen molar-refractivity contribution < 1.29 is 14.3 Å². The summed E-state index contributed by atoms with van der Waals surface area (Å²) in [4.78, 5) is 41.0. The fourth-order valence-corrected chi connectivity index (χ4v) is 4.27. The Labute approximate surface area is 181 Å². The number of rotatable bonds is 6. The molecule has 0 saturated heterocycles. The molecule has 1 aromatic carbocycles. The molecule has 7 heteroatoms. The summed E-state index contributed by atoms with van der Waals surface area (Å²) < 4.78 is 5.22. The average Bonchev–Trinajstić information content (AvgIpc) is 2.76. The van der Waals surface area contributed by atoms with Crippen LogP contribution in [-0.4, -0.2) is 35.4 Å². The summed E-state index contributed by atoms with van der Waals surface area (Å²) in [6.45, 7) is 3.12. The van der Waals surface area contributed by atoms with Crippen molar-refractivity contribution in [1.82, 2.24) is 9.88 Å². The van der Waals surface area contributed by atoms with Crippen LogP contribution in [0.3, 0.4) is 0 Å². The van der Waals surface area contributed by atoms with Crippen LogP contribution < -0.4 is 5.56 Å². The van der Waals surface area contributed by atoms with E-state index in [1.807, 2.05) is 18.2 Å². The summed E-state index contributed by atoms with van der Waals surface area (Å²) in [5.74, 6) is -0.729. The number of likely N-dealkylation sites (N-methyl/N-ethyl adjacent to an activating group) is 1. The molecule has 0 saturated carbocycles. The second-order valence-electron chi connectivity index (χ2n) is 7.94. The van der Waals surface area contributed by atoms with Crippen LogP contribution in [0.1, 0.15) is 58.8 Å². The van der Waals surface area contributed by atoms with Gasteiger partial charge in [-0.25, -0.2) is 0 Å². The predicted molar refractivity (Wildman–Crippen MR) is 115 cm³/mol. The Morgan fingerprint density at radius 1 is 1.29 bits per heavy atom. The van der Waals surface area contributed by atoms with Crippen molar-refractivity contribution in [3.05, 3.63) is 68.1 Å². The minimum absolute atomic E-state index is 0.00741. The average molecular weight is 421 g/mol. The van der Waals surface area contributed by atoms with E-state index in [0.717, 1.165) is 30.4 Å². The van der Waals surface area contributed by atoms with Gasteiger partial charge in [0, 0.05) is 19.2 Å². The van der Waals surface area contributed by atoms with Crippen molar-refractivity contribution in [2.45, 2.75) is 52.0 Å². The van der Waals surface area contributed by atoms with Gasteiger partial charge in [-0.2, -0.15) is 5.26 Å². The van der Waals surface area contributed by atoms with E-state index in [0.29, 0.717) is 17.7 Å². The maximum absolute atomic E-state index is 12.6. The number of amides is 1. The highest BCUT2D eigenvalue weighted by atomic mass is 16.5. The fraction of sp³-hybridized carbons (Fsp3) is 0.417. The molecule has 1 aliphatic rings. The molecule has 0 bridgehead atoms. The highest BCUT2D eigenvalue weighted by Gasteiger charge is 2.27. The number of aryl methyl sites for hydroxylation is 2. The van der Waals surface area contributed by atoms with Crippen molar-refractivity contribution in [2.24, 2.45) is 0 Å². The first-order chi connectivity index (χ1) is 14.8. The summed E-state index contributed by atoms with van der Waals surface area (Å²) >= 11 is 0. The number of nitrogens with zero attached hydrogens (tertiary/aromatic N) is 2. The molecule has 0 radical (unpaired) electrons. The summed E-state index contributed by atoms with van der Waals surface area (Å²) in [7, 11) is 1.75. The zero-order valence-electron chi connectivity index (χ0n) is 18.2. The van der Waals surface area contributed by atoms with Gasteiger partial charge in [0.15, 0.2) is 6.61 Å². The molecule has 2 aromatic rings. The van der Waals surface area contributed by atoms with Gasteiger partial charge in [0.1, 0.15) is 11.6 Å². The van der Waals surface area contributed by atoms with Crippen LogP contribution in [-0.2, 0) is 27.2 Å².